The molecule has 0 radical (unpaired) electrons. The Bertz CT molecular complexity index is 399. The van der Waals surface area contributed by atoms with Crippen LogP contribution in [0.3, 0.4) is 0 Å². The lowest BCUT2D eigenvalue weighted by Gasteiger charge is -2.23. The minimum atomic E-state index is -3.41. The zero-order valence-electron chi connectivity index (χ0n) is 11.3. The molecule has 1 saturated heterocycles. The Balaban J connectivity index is 2.70. The fraction of sp³-hybridized carbons (Fsp3) is 0.909. The number of thioether (sulfide) groups is 1. The van der Waals surface area contributed by atoms with E-state index in [1.165, 1.54) is 11.8 Å². The Morgan fingerprint density at radius 2 is 2.26 bits per heavy atom. The number of hydrogen-bond acceptors (Lipinski definition) is 5. The summed E-state index contributed by atoms with van der Waals surface area (Å²) in [5, 5.41) is 9.45. The molecule has 1 heterocycles. The number of carbonyl (C=O) groups excluding carboxylic acids is 1. The summed E-state index contributed by atoms with van der Waals surface area (Å²) < 4.78 is 25.7. The second-order valence-corrected chi connectivity index (χ2v) is 7.61. The van der Waals surface area contributed by atoms with Gasteiger partial charge in [-0.1, -0.05) is 0 Å². The van der Waals surface area contributed by atoms with Crippen molar-refractivity contribution in [3.05, 3.63) is 0 Å². The Labute approximate surface area is 119 Å². The van der Waals surface area contributed by atoms with Gasteiger partial charge in [-0.15, -0.1) is 0 Å². The van der Waals surface area contributed by atoms with Gasteiger partial charge in [0.25, 0.3) is 0 Å². The molecule has 0 spiro atoms. The van der Waals surface area contributed by atoms with E-state index in [2.05, 4.69) is 4.72 Å². The number of nitrogens with one attached hydrogen (secondary N) is 1. The minimum absolute atomic E-state index is 0.0430. The number of amides is 1. The lowest BCUT2D eigenvalue weighted by atomic mass is 10.2. The molecule has 6 nitrogen and oxygen atoms in total. The number of hydrogen-bond donors (Lipinski definition) is 2. The molecule has 1 aliphatic heterocycles. The van der Waals surface area contributed by atoms with Crippen molar-refractivity contribution in [3.8, 4) is 0 Å². The van der Waals surface area contributed by atoms with E-state index in [9.17, 15) is 18.3 Å². The average molecular weight is 310 g/mol. The summed E-state index contributed by atoms with van der Waals surface area (Å²) in [6.45, 7) is 2.32. The van der Waals surface area contributed by atoms with Crippen LogP contribution in [-0.4, -0.2) is 67.3 Å². The number of nitrogens with zero attached hydrogens (tertiary/aromatic N) is 1. The van der Waals surface area contributed by atoms with E-state index in [0.29, 0.717) is 31.7 Å². The summed E-state index contributed by atoms with van der Waals surface area (Å²) >= 11 is 1.57. The third kappa shape index (κ3) is 5.29. The van der Waals surface area contributed by atoms with E-state index in [1.807, 2.05) is 6.26 Å². The third-order valence-electron chi connectivity index (χ3n) is 3.09. The smallest absolute Gasteiger partial charge is 0.240 e. The van der Waals surface area contributed by atoms with Crippen LogP contribution in [0.25, 0.3) is 0 Å². The Kier molecular flexibility index (Phi) is 6.58. The lowest BCUT2D eigenvalue weighted by molar-refractivity contribution is -0.132. The number of carbonyl (C=O) groups is 1. The number of aliphatic hydroxyl groups excluding tert-OH is 1. The summed E-state index contributed by atoms with van der Waals surface area (Å²) in [4.78, 5) is 13.8. The first kappa shape index (κ1) is 16.7. The predicted octanol–water partition coefficient (Wildman–Crippen LogP) is -0.359. The van der Waals surface area contributed by atoms with Crippen molar-refractivity contribution >= 4 is 27.7 Å². The van der Waals surface area contributed by atoms with Crippen molar-refractivity contribution in [1.82, 2.24) is 9.62 Å². The van der Waals surface area contributed by atoms with E-state index >= 15 is 0 Å². The van der Waals surface area contributed by atoms with Crippen molar-refractivity contribution in [2.24, 2.45) is 0 Å². The van der Waals surface area contributed by atoms with Crippen LogP contribution in [-0.2, 0) is 14.8 Å². The molecular weight excluding hydrogens is 288 g/mol. The molecule has 1 fully saturated rings. The van der Waals surface area contributed by atoms with E-state index in [1.54, 1.807) is 11.8 Å². The molecule has 0 aliphatic carbocycles. The molecule has 0 bridgehead atoms. The lowest BCUT2D eigenvalue weighted by Crippen LogP contribution is -2.48. The molecule has 1 rings (SSSR count). The van der Waals surface area contributed by atoms with Gasteiger partial charge in [-0.25, -0.2) is 13.1 Å². The second-order valence-electron chi connectivity index (χ2n) is 4.58. The molecule has 8 heteroatoms. The largest absolute Gasteiger partial charge is 0.391 e. The van der Waals surface area contributed by atoms with Crippen LogP contribution in [0.15, 0.2) is 0 Å². The van der Waals surface area contributed by atoms with Crippen LogP contribution in [0.4, 0.5) is 0 Å². The third-order valence-corrected chi connectivity index (χ3v) is 5.13. The Morgan fingerprint density at radius 1 is 1.58 bits per heavy atom. The van der Waals surface area contributed by atoms with Crippen molar-refractivity contribution in [2.45, 2.75) is 31.9 Å². The van der Waals surface area contributed by atoms with Crippen LogP contribution >= 0.6 is 11.8 Å². The second kappa shape index (κ2) is 7.47. The molecule has 2 N–H and O–H groups in total. The molecule has 1 aliphatic rings. The summed E-state index contributed by atoms with van der Waals surface area (Å²) in [5.41, 5.74) is 0. The summed E-state index contributed by atoms with van der Waals surface area (Å²) in [6, 6.07) is -0.720. The number of sulfonamides is 1. The van der Waals surface area contributed by atoms with Gasteiger partial charge < -0.3 is 10.0 Å². The van der Waals surface area contributed by atoms with Gasteiger partial charge in [-0.05, 0) is 31.8 Å². The van der Waals surface area contributed by atoms with Crippen LogP contribution in [0.1, 0.15) is 19.8 Å². The molecule has 0 aromatic heterocycles. The molecular formula is C11H22N2O4S2. The SMILES string of the molecule is CCS(=O)(=O)NC(CCSC)C(=O)N1CC[C@@H](O)C1. The van der Waals surface area contributed by atoms with Gasteiger partial charge >= 0.3 is 0 Å². The molecule has 1 unspecified atom stereocenters. The zero-order valence-corrected chi connectivity index (χ0v) is 13.0. The van der Waals surface area contributed by atoms with Crippen LogP contribution in [0, 0.1) is 0 Å². The van der Waals surface area contributed by atoms with Crippen LogP contribution in [0.2, 0.25) is 0 Å². The molecule has 0 saturated carbocycles. The first-order chi connectivity index (χ1) is 8.89. The number of aliphatic hydroxyl groups is 1. The predicted molar refractivity (Wildman–Crippen MR) is 76.6 cm³/mol. The van der Waals surface area contributed by atoms with Gasteiger partial charge in [-0.2, -0.15) is 11.8 Å². The zero-order chi connectivity index (χ0) is 14.5. The summed E-state index contributed by atoms with van der Waals surface area (Å²) in [6.07, 6.45) is 2.44. The molecule has 112 valence electrons. The minimum Gasteiger partial charge on any atom is -0.391 e. The highest BCUT2D eigenvalue weighted by molar-refractivity contribution is 7.98. The van der Waals surface area contributed by atoms with Crippen molar-refractivity contribution in [3.63, 3.8) is 0 Å². The topological polar surface area (TPSA) is 86.7 Å². The molecule has 2 atom stereocenters. The summed E-state index contributed by atoms with van der Waals surface area (Å²) in [5.74, 6) is 0.431. The van der Waals surface area contributed by atoms with Gasteiger partial charge in [0.15, 0.2) is 0 Å². The molecule has 0 aromatic carbocycles. The van der Waals surface area contributed by atoms with Crippen LogP contribution < -0.4 is 4.72 Å². The number of rotatable bonds is 7. The van der Waals surface area contributed by atoms with E-state index in [-0.39, 0.29) is 11.7 Å². The van der Waals surface area contributed by atoms with Crippen molar-refractivity contribution in [1.29, 1.82) is 0 Å². The average Bonchev–Trinajstić information content (AvgIpc) is 2.80. The normalized spacial score (nSPS) is 21.6. The Morgan fingerprint density at radius 3 is 2.74 bits per heavy atom. The fourth-order valence-corrected chi connectivity index (χ4v) is 3.22. The van der Waals surface area contributed by atoms with Gasteiger partial charge in [0.2, 0.25) is 15.9 Å². The first-order valence-corrected chi connectivity index (χ1v) is 9.40. The standard InChI is InChI=1S/C11H22N2O4S2/c1-3-19(16,17)12-10(5-7-18-2)11(15)13-6-4-9(14)8-13/h9-10,12,14H,3-8H2,1-2H3/t9-,10?/m1/s1. The van der Waals surface area contributed by atoms with Gasteiger partial charge in [0, 0.05) is 13.1 Å². The maximum Gasteiger partial charge on any atom is 0.240 e. The maximum absolute atomic E-state index is 12.3. The molecule has 0 aromatic rings. The molecule has 19 heavy (non-hydrogen) atoms. The quantitative estimate of drug-likeness (QED) is 0.671. The van der Waals surface area contributed by atoms with Crippen molar-refractivity contribution < 1.29 is 18.3 Å². The summed E-state index contributed by atoms with van der Waals surface area (Å²) in [7, 11) is -3.41. The molecule has 1 amide bonds. The highest BCUT2D eigenvalue weighted by Gasteiger charge is 2.31. The van der Waals surface area contributed by atoms with E-state index in [0.717, 1.165) is 0 Å². The first-order valence-electron chi connectivity index (χ1n) is 6.35. The van der Waals surface area contributed by atoms with Gasteiger partial charge in [0.1, 0.15) is 6.04 Å². The van der Waals surface area contributed by atoms with Crippen LogP contribution in [0.5, 0.6) is 0 Å². The maximum atomic E-state index is 12.3. The van der Waals surface area contributed by atoms with Gasteiger partial charge in [0.05, 0.1) is 11.9 Å². The monoisotopic (exact) mass is 310 g/mol. The van der Waals surface area contributed by atoms with E-state index in [4.69, 9.17) is 0 Å². The highest BCUT2D eigenvalue weighted by atomic mass is 32.2. The fourth-order valence-electron chi connectivity index (χ4n) is 1.93. The van der Waals surface area contributed by atoms with Crippen molar-refractivity contribution in [2.75, 3.05) is 30.9 Å². The number of β-amino-alcohol motifs (C(OH)–C–C–N with tert-alkyl or cyclic N) is 1. The highest BCUT2D eigenvalue weighted by Crippen LogP contribution is 2.13. The van der Waals surface area contributed by atoms with Gasteiger partial charge in [-0.3, -0.25) is 4.79 Å². The number of likely N-dealkylation sites (tertiary alicyclic amines) is 1. The Hall–Kier alpha value is -0.310. The van der Waals surface area contributed by atoms with E-state index < -0.39 is 22.2 Å².